The summed E-state index contributed by atoms with van der Waals surface area (Å²) in [5, 5.41) is 2.82. The summed E-state index contributed by atoms with van der Waals surface area (Å²) < 4.78 is 11.2. The minimum atomic E-state index is -0.584. The predicted molar refractivity (Wildman–Crippen MR) is 97.9 cm³/mol. The number of carbonyl (C=O) groups excluding carboxylic acids is 1. The van der Waals surface area contributed by atoms with Gasteiger partial charge in [-0.3, -0.25) is 9.78 Å². The molecule has 1 N–H and O–H groups in total. The number of aromatic nitrogens is 2. The molecular formula is C20H19N3O3. The van der Waals surface area contributed by atoms with E-state index < -0.39 is 6.10 Å². The van der Waals surface area contributed by atoms with Crippen LogP contribution in [0.1, 0.15) is 12.5 Å². The Morgan fingerprint density at radius 2 is 1.96 bits per heavy atom. The Balaban J connectivity index is 1.56. The Morgan fingerprint density at radius 1 is 1.12 bits per heavy atom. The highest BCUT2D eigenvalue weighted by atomic mass is 16.5. The molecule has 132 valence electrons. The third kappa shape index (κ3) is 5.12. The first-order valence-electron chi connectivity index (χ1n) is 8.21. The molecular weight excluding hydrogens is 330 g/mol. The smallest absolute Gasteiger partial charge is 0.253 e. The van der Waals surface area contributed by atoms with Crippen LogP contribution in [-0.4, -0.2) is 22.0 Å². The third-order valence-electron chi connectivity index (χ3n) is 3.58. The molecule has 0 aliphatic heterocycles. The van der Waals surface area contributed by atoms with Gasteiger partial charge in [0, 0.05) is 24.1 Å². The number of ether oxygens (including phenoxy) is 2. The molecule has 0 unspecified atom stereocenters. The molecule has 0 aliphatic carbocycles. The van der Waals surface area contributed by atoms with Gasteiger partial charge >= 0.3 is 0 Å². The molecule has 0 fully saturated rings. The largest absolute Gasteiger partial charge is 0.437 e. The average molecular weight is 349 g/mol. The maximum atomic E-state index is 12.3. The Labute approximate surface area is 151 Å². The molecule has 0 saturated heterocycles. The number of carbonyl (C=O) groups is 1. The number of rotatable bonds is 7. The quantitative estimate of drug-likeness (QED) is 0.702. The molecule has 3 rings (SSSR count). The number of nitrogens with zero attached hydrogens (tertiary/aromatic N) is 2. The lowest BCUT2D eigenvalue weighted by atomic mass is 10.2. The van der Waals surface area contributed by atoms with Crippen molar-refractivity contribution in [2.75, 3.05) is 5.32 Å². The Hall–Kier alpha value is -3.25. The second kappa shape index (κ2) is 8.73. The highest BCUT2D eigenvalue weighted by Gasteiger charge is 2.14. The zero-order valence-electron chi connectivity index (χ0n) is 14.3. The van der Waals surface area contributed by atoms with E-state index in [1.807, 2.05) is 30.3 Å². The molecule has 6 heteroatoms. The first-order valence-corrected chi connectivity index (χ1v) is 8.21. The number of hydrogen-bond donors (Lipinski definition) is 1. The second-order valence-corrected chi connectivity index (χ2v) is 5.60. The van der Waals surface area contributed by atoms with Gasteiger partial charge in [-0.25, -0.2) is 4.98 Å². The maximum Gasteiger partial charge on any atom is 0.253 e. The van der Waals surface area contributed by atoms with Crippen LogP contribution in [-0.2, 0) is 16.1 Å². The van der Waals surface area contributed by atoms with Crippen LogP contribution >= 0.6 is 0 Å². The fraction of sp³-hybridized carbons (Fsp3) is 0.150. The van der Waals surface area contributed by atoms with Crippen LogP contribution in [0.4, 0.5) is 5.69 Å². The van der Waals surface area contributed by atoms with E-state index in [1.54, 1.807) is 43.6 Å². The topological polar surface area (TPSA) is 73.3 Å². The highest BCUT2D eigenvalue weighted by molar-refractivity contribution is 5.94. The van der Waals surface area contributed by atoms with E-state index >= 15 is 0 Å². The van der Waals surface area contributed by atoms with Crippen LogP contribution in [0.25, 0.3) is 0 Å². The average Bonchev–Trinajstić information content (AvgIpc) is 2.68. The summed E-state index contributed by atoms with van der Waals surface area (Å²) in [4.78, 5) is 20.3. The van der Waals surface area contributed by atoms with Crippen LogP contribution in [0, 0.1) is 0 Å². The van der Waals surface area contributed by atoms with Crippen LogP contribution in [0.2, 0.25) is 0 Å². The first-order chi connectivity index (χ1) is 12.7. The molecule has 0 aliphatic rings. The maximum absolute atomic E-state index is 12.3. The molecule has 0 bridgehead atoms. The zero-order valence-corrected chi connectivity index (χ0v) is 14.3. The van der Waals surface area contributed by atoms with Gasteiger partial charge in [-0.2, -0.15) is 0 Å². The summed E-state index contributed by atoms with van der Waals surface area (Å²) in [6.07, 6.45) is 4.05. The summed E-state index contributed by atoms with van der Waals surface area (Å²) in [5.41, 5.74) is 1.64. The van der Waals surface area contributed by atoms with Gasteiger partial charge in [-0.15, -0.1) is 0 Å². The SMILES string of the molecule is C[C@H](OCc1ccccc1)C(=O)Nc1cccc(Oc2cnccn2)c1. The molecule has 26 heavy (non-hydrogen) atoms. The minimum absolute atomic E-state index is 0.224. The zero-order chi connectivity index (χ0) is 18.2. The fourth-order valence-electron chi connectivity index (χ4n) is 2.21. The van der Waals surface area contributed by atoms with E-state index in [-0.39, 0.29) is 5.91 Å². The molecule has 2 aromatic carbocycles. The summed E-state index contributed by atoms with van der Waals surface area (Å²) >= 11 is 0. The molecule has 0 saturated carbocycles. The van der Waals surface area contributed by atoms with E-state index in [4.69, 9.17) is 9.47 Å². The normalized spacial score (nSPS) is 11.6. The molecule has 0 spiro atoms. The Morgan fingerprint density at radius 3 is 2.73 bits per heavy atom. The van der Waals surface area contributed by atoms with Gasteiger partial charge in [0.05, 0.1) is 12.8 Å². The van der Waals surface area contributed by atoms with E-state index in [9.17, 15) is 4.79 Å². The van der Waals surface area contributed by atoms with Crippen LogP contribution in [0.15, 0.2) is 73.2 Å². The van der Waals surface area contributed by atoms with Crippen molar-refractivity contribution in [1.29, 1.82) is 0 Å². The van der Waals surface area contributed by atoms with Gasteiger partial charge in [0.25, 0.3) is 5.91 Å². The molecule has 0 radical (unpaired) electrons. The van der Waals surface area contributed by atoms with Gasteiger partial charge in [-0.05, 0) is 24.6 Å². The van der Waals surface area contributed by atoms with Gasteiger partial charge in [-0.1, -0.05) is 36.4 Å². The number of nitrogens with one attached hydrogen (secondary N) is 1. The van der Waals surface area contributed by atoms with Gasteiger partial charge in [0.1, 0.15) is 11.9 Å². The molecule has 6 nitrogen and oxygen atoms in total. The minimum Gasteiger partial charge on any atom is -0.437 e. The molecule has 1 aromatic heterocycles. The van der Waals surface area contributed by atoms with Crippen molar-refractivity contribution < 1.29 is 14.3 Å². The summed E-state index contributed by atoms with van der Waals surface area (Å²) in [6, 6.07) is 16.8. The van der Waals surface area contributed by atoms with E-state index in [0.29, 0.717) is 23.9 Å². The standard InChI is InChI=1S/C20H19N3O3/c1-15(25-14-16-6-3-2-4-7-16)20(24)23-17-8-5-9-18(12-17)26-19-13-21-10-11-22-19/h2-13,15H,14H2,1H3,(H,23,24)/t15-/m0/s1. The lowest BCUT2D eigenvalue weighted by molar-refractivity contribution is -0.127. The third-order valence-corrected chi connectivity index (χ3v) is 3.58. The first kappa shape index (κ1) is 17.6. The fourth-order valence-corrected chi connectivity index (χ4v) is 2.21. The number of amides is 1. The van der Waals surface area contributed by atoms with E-state index in [2.05, 4.69) is 15.3 Å². The monoisotopic (exact) mass is 349 g/mol. The summed E-state index contributed by atoms with van der Waals surface area (Å²) in [7, 11) is 0. The van der Waals surface area contributed by atoms with Crippen molar-refractivity contribution in [3.63, 3.8) is 0 Å². The lowest BCUT2D eigenvalue weighted by Gasteiger charge is -2.14. The van der Waals surface area contributed by atoms with E-state index in [0.717, 1.165) is 5.56 Å². The number of anilines is 1. The second-order valence-electron chi connectivity index (χ2n) is 5.60. The number of hydrogen-bond acceptors (Lipinski definition) is 5. The van der Waals surface area contributed by atoms with Crippen LogP contribution in [0.5, 0.6) is 11.6 Å². The number of benzene rings is 2. The molecule has 1 amide bonds. The van der Waals surface area contributed by atoms with Crippen molar-refractivity contribution in [3.8, 4) is 11.6 Å². The predicted octanol–water partition coefficient (Wildman–Crippen LogP) is 3.81. The van der Waals surface area contributed by atoms with Gasteiger partial charge in [0.2, 0.25) is 5.88 Å². The van der Waals surface area contributed by atoms with Gasteiger partial charge in [0.15, 0.2) is 0 Å². The lowest BCUT2D eigenvalue weighted by Crippen LogP contribution is -2.27. The Bertz CT molecular complexity index is 841. The van der Waals surface area contributed by atoms with E-state index in [1.165, 1.54) is 6.20 Å². The van der Waals surface area contributed by atoms with Crippen molar-refractivity contribution in [1.82, 2.24) is 9.97 Å². The van der Waals surface area contributed by atoms with Gasteiger partial charge < -0.3 is 14.8 Å². The summed E-state index contributed by atoms with van der Waals surface area (Å²) in [6.45, 7) is 2.10. The van der Waals surface area contributed by atoms with Crippen LogP contribution < -0.4 is 10.1 Å². The highest BCUT2D eigenvalue weighted by Crippen LogP contribution is 2.22. The van der Waals surface area contributed by atoms with Crippen LogP contribution in [0.3, 0.4) is 0 Å². The van der Waals surface area contributed by atoms with Crippen molar-refractivity contribution in [2.45, 2.75) is 19.6 Å². The van der Waals surface area contributed by atoms with Crippen molar-refractivity contribution >= 4 is 11.6 Å². The summed E-state index contributed by atoms with van der Waals surface area (Å²) in [5.74, 6) is 0.717. The van der Waals surface area contributed by atoms with Crippen molar-refractivity contribution in [3.05, 3.63) is 78.8 Å². The molecule has 3 aromatic rings. The Kier molecular flexibility index (Phi) is 5.90. The molecule has 1 atom stereocenters. The van der Waals surface area contributed by atoms with Crippen molar-refractivity contribution in [2.24, 2.45) is 0 Å². The molecule has 1 heterocycles.